The number of unbranched alkanes of at least 4 members (excludes halogenated alkanes) is 3. The van der Waals surface area contributed by atoms with Gasteiger partial charge in [0.1, 0.15) is 0 Å². The van der Waals surface area contributed by atoms with Gasteiger partial charge in [-0.25, -0.2) is 0 Å². The van der Waals surface area contributed by atoms with Crippen molar-refractivity contribution in [2.45, 2.75) is 52.9 Å². The number of rotatable bonds is 11. The zero-order chi connectivity index (χ0) is 14.6. The molecule has 0 aromatic carbocycles. The highest BCUT2D eigenvalue weighted by molar-refractivity contribution is 5.27. The van der Waals surface area contributed by atoms with Gasteiger partial charge in [0.05, 0.1) is 13.2 Å². The Hall–Kier alpha value is -1.59. The predicted molar refractivity (Wildman–Crippen MR) is 79.4 cm³/mol. The van der Waals surface area contributed by atoms with Gasteiger partial charge in [-0.05, 0) is 19.8 Å². The summed E-state index contributed by atoms with van der Waals surface area (Å²) in [6, 6.07) is 0.642. The van der Waals surface area contributed by atoms with Crippen LogP contribution in [0.25, 0.3) is 0 Å². The van der Waals surface area contributed by atoms with E-state index in [0.717, 1.165) is 19.4 Å². The smallest absolute Gasteiger partial charge is 0.324 e. The Morgan fingerprint density at radius 3 is 2.25 bits per heavy atom. The number of hydrogen-bond acceptors (Lipinski definition) is 6. The Kier molecular flexibility index (Phi) is 8.42. The zero-order valence-corrected chi connectivity index (χ0v) is 12.8. The first kappa shape index (κ1) is 16.5. The van der Waals surface area contributed by atoms with Crippen molar-refractivity contribution >= 4 is 5.95 Å². The monoisotopic (exact) mass is 282 g/mol. The van der Waals surface area contributed by atoms with Crippen LogP contribution in [-0.2, 0) is 0 Å². The van der Waals surface area contributed by atoms with E-state index in [-0.39, 0.29) is 0 Å². The summed E-state index contributed by atoms with van der Waals surface area (Å²) in [4.78, 5) is 12.6. The Morgan fingerprint density at radius 2 is 1.60 bits per heavy atom. The van der Waals surface area contributed by atoms with Crippen LogP contribution in [0.4, 0.5) is 5.95 Å². The van der Waals surface area contributed by atoms with Crippen molar-refractivity contribution in [3.05, 3.63) is 0 Å². The summed E-state index contributed by atoms with van der Waals surface area (Å²) in [5.74, 6) is 0.508. The molecule has 114 valence electrons. The maximum atomic E-state index is 5.58. The van der Waals surface area contributed by atoms with Gasteiger partial charge in [-0.1, -0.05) is 33.1 Å². The van der Waals surface area contributed by atoms with Crippen LogP contribution in [0, 0.1) is 0 Å². The maximum absolute atomic E-state index is 5.58. The number of anilines is 1. The Balaban J connectivity index is 2.55. The molecular formula is C14H26N4O2. The lowest BCUT2D eigenvalue weighted by atomic mass is 10.2. The predicted octanol–water partition coefficient (Wildman–Crippen LogP) is 3.05. The molecule has 0 amide bonds. The minimum atomic E-state index is 0.310. The van der Waals surface area contributed by atoms with Crippen molar-refractivity contribution < 1.29 is 9.47 Å². The lowest BCUT2D eigenvalue weighted by Crippen LogP contribution is -2.10. The number of hydrogen-bond donors (Lipinski definition) is 1. The van der Waals surface area contributed by atoms with Gasteiger partial charge in [-0.15, -0.1) is 4.98 Å². The highest BCUT2D eigenvalue weighted by Gasteiger charge is 2.07. The fourth-order valence-corrected chi connectivity index (χ4v) is 1.60. The number of nitrogens with zero attached hydrogens (tertiary/aromatic N) is 3. The van der Waals surface area contributed by atoms with E-state index in [1.807, 2.05) is 6.92 Å². The van der Waals surface area contributed by atoms with E-state index in [1.54, 1.807) is 0 Å². The zero-order valence-electron chi connectivity index (χ0n) is 12.8. The van der Waals surface area contributed by atoms with Crippen LogP contribution < -0.4 is 14.8 Å². The Morgan fingerprint density at radius 1 is 0.850 bits per heavy atom. The average Bonchev–Trinajstić information content (AvgIpc) is 2.45. The lowest BCUT2D eigenvalue weighted by Gasteiger charge is -2.09. The van der Waals surface area contributed by atoms with E-state index in [4.69, 9.17) is 9.47 Å². The molecule has 0 aliphatic heterocycles. The first-order valence-corrected chi connectivity index (χ1v) is 7.55. The molecule has 0 saturated heterocycles. The minimum Gasteiger partial charge on any atom is -0.464 e. The molecule has 0 bridgehead atoms. The molecular weight excluding hydrogens is 256 g/mol. The summed E-state index contributed by atoms with van der Waals surface area (Å²) in [6.45, 7) is 8.13. The van der Waals surface area contributed by atoms with Gasteiger partial charge in [-0.3, -0.25) is 0 Å². The van der Waals surface area contributed by atoms with E-state index in [9.17, 15) is 0 Å². The minimum absolute atomic E-state index is 0.310. The van der Waals surface area contributed by atoms with Crippen LogP contribution >= 0.6 is 0 Å². The molecule has 6 heteroatoms. The second kappa shape index (κ2) is 10.2. The van der Waals surface area contributed by atoms with Gasteiger partial charge in [0.25, 0.3) is 0 Å². The van der Waals surface area contributed by atoms with Crippen molar-refractivity contribution in [3.8, 4) is 12.0 Å². The number of aromatic nitrogens is 3. The summed E-state index contributed by atoms with van der Waals surface area (Å²) in [7, 11) is 0. The van der Waals surface area contributed by atoms with Crippen molar-refractivity contribution in [2.24, 2.45) is 0 Å². The second-order valence-electron chi connectivity index (χ2n) is 4.49. The Bertz CT molecular complexity index is 374. The van der Waals surface area contributed by atoms with Gasteiger partial charge in [0.2, 0.25) is 5.95 Å². The molecule has 0 saturated carbocycles. The number of ether oxygens (including phenoxy) is 2. The van der Waals surface area contributed by atoms with Crippen molar-refractivity contribution in [2.75, 3.05) is 25.1 Å². The molecule has 0 fully saturated rings. The molecule has 0 radical (unpaired) electrons. The van der Waals surface area contributed by atoms with E-state index >= 15 is 0 Å². The van der Waals surface area contributed by atoms with Gasteiger partial charge >= 0.3 is 12.0 Å². The molecule has 1 rings (SSSR count). The molecule has 0 atom stereocenters. The molecule has 1 aromatic heterocycles. The molecule has 0 aliphatic carbocycles. The van der Waals surface area contributed by atoms with Gasteiger partial charge in [0.15, 0.2) is 0 Å². The van der Waals surface area contributed by atoms with Crippen LogP contribution in [0.1, 0.15) is 52.9 Å². The molecule has 20 heavy (non-hydrogen) atoms. The normalized spacial score (nSPS) is 10.3. The van der Waals surface area contributed by atoms with Gasteiger partial charge in [0, 0.05) is 6.54 Å². The van der Waals surface area contributed by atoms with Gasteiger partial charge in [-0.2, -0.15) is 9.97 Å². The van der Waals surface area contributed by atoms with E-state index in [0.29, 0.717) is 31.2 Å². The second-order valence-corrected chi connectivity index (χ2v) is 4.49. The quantitative estimate of drug-likeness (QED) is 0.629. The van der Waals surface area contributed by atoms with Crippen molar-refractivity contribution in [3.63, 3.8) is 0 Å². The average molecular weight is 282 g/mol. The number of nitrogens with one attached hydrogen (secondary N) is 1. The Labute approximate surface area is 121 Å². The standard InChI is InChI=1S/C14H26N4O2/c1-4-7-8-9-11-20-14-17-12(15-10-5-2)16-13(18-14)19-6-3/h4-11H2,1-3H3,(H,15,16,17,18). The first-order valence-electron chi connectivity index (χ1n) is 7.55. The fourth-order valence-electron chi connectivity index (χ4n) is 1.60. The summed E-state index contributed by atoms with van der Waals surface area (Å²) in [6.07, 6.45) is 5.63. The highest BCUT2D eigenvalue weighted by Crippen LogP contribution is 2.13. The largest absolute Gasteiger partial charge is 0.464 e. The summed E-state index contributed by atoms with van der Waals surface area (Å²) >= 11 is 0. The van der Waals surface area contributed by atoms with E-state index in [1.165, 1.54) is 19.3 Å². The van der Waals surface area contributed by atoms with Crippen molar-refractivity contribution in [1.29, 1.82) is 0 Å². The molecule has 6 nitrogen and oxygen atoms in total. The van der Waals surface area contributed by atoms with Crippen LogP contribution in [0.3, 0.4) is 0 Å². The molecule has 1 heterocycles. The summed E-state index contributed by atoms with van der Waals surface area (Å²) in [5, 5.41) is 3.12. The van der Waals surface area contributed by atoms with Crippen LogP contribution in [-0.4, -0.2) is 34.7 Å². The van der Waals surface area contributed by atoms with E-state index < -0.39 is 0 Å². The molecule has 0 aliphatic rings. The SMILES string of the molecule is CCCCCCOc1nc(NCCC)nc(OCC)n1. The van der Waals surface area contributed by atoms with Crippen molar-refractivity contribution in [1.82, 2.24) is 15.0 Å². The lowest BCUT2D eigenvalue weighted by molar-refractivity contribution is 0.263. The molecule has 0 spiro atoms. The van der Waals surface area contributed by atoms with Gasteiger partial charge < -0.3 is 14.8 Å². The van der Waals surface area contributed by atoms with E-state index in [2.05, 4.69) is 34.1 Å². The third kappa shape index (κ3) is 6.54. The maximum Gasteiger partial charge on any atom is 0.324 e. The summed E-state index contributed by atoms with van der Waals surface area (Å²) < 4.78 is 10.9. The van der Waals surface area contributed by atoms with Crippen LogP contribution in [0.5, 0.6) is 12.0 Å². The third-order valence-corrected chi connectivity index (χ3v) is 2.63. The third-order valence-electron chi connectivity index (χ3n) is 2.63. The molecule has 1 N–H and O–H groups in total. The topological polar surface area (TPSA) is 69.2 Å². The van der Waals surface area contributed by atoms with Crippen LogP contribution in [0.2, 0.25) is 0 Å². The fraction of sp³-hybridized carbons (Fsp3) is 0.786. The first-order chi connectivity index (χ1) is 9.80. The summed E-state index contributed by atoms with van der Waals surface area (Å²) in [5.41, 5.74) is 0. The molecule has 0 unspecified atom stereocenters. The van der Waals surface area contributed by atoms with Crippen LogP contribution in [0.15, 0.2) is 0 Å². The molecule has 1 aromatic rings. The highest BCUT2D eigenvalue weighted by atomic mass is 16.5.